The Morgan fingerprint density at radius 2 is 1.50 bits per heavy atom. The molecule has 0 saturated carbocycles. The molecule has 1 aromatic heterocycles. The van der Waals surface area contributed by atoms with Crippen LogP contribution in [0.3, 0.4) is 0 Å². The number of hydrogen-bond donors (Lipinski definition) is 3. The van der Waals surface area contributed by atoms with Crippen LogP contribution >= 0.6 is 0 Å². The summed E-state index contributed by atoms with van der Waals surface area (Å²) >= 11 is 0. The Morgan fingerprint density at radius 3 is 2.27 bits per heavy atom. The van der Waals surface area contributed by atoms with Gasteiger partial charge >= 0.3 is 0 Å². The number of carbonyl (C=O) groups is 1. The van der Waals surface area contributed by atoms with Gasteiger partial charge in [0.15, 0.2) is 0 Å². The first kappa shape index (κ1) is 27.1. The standard InChI is InChI=1S/C34H37N5O/c35-29-19-13-25(14-20-29)11-12-26-15-21-30(22-16-26)37-33(40)10-4-2-1-3-7-23-39-32(36)24-28-18-17-27-8-5-6-9-31(27)34(28)38-39/h5-6,8-9,11-16,19-22,24,36H,1-4,7,10,17-18,23,35H2,(H,37,40)/b12-11+,36-32?. The average Bonchev–Trinajstić information content (AvgIpc) is 2.97. The Kier molecular flexibility index (Phi) is 8.86. The van der Waals surface area contributed by atoms with E-state index >= 15 is 0 Å². The van der Waals surface area contributed by atoms with E-state index in [1.807, 2.05) is 71.4 Å². The van der Waals surface area contributed by atoms with Crippen LogP contribution in [0, 0.1) is 5.41 Å². The number of unbranched alkanes of at least 4 members (excludes halogenated alkanes) is 4. The smallest absolute Gasteiger partial charge is 0.224 e. The molecule has 1 aliphatic rings. The third kappa shape index (κ3) is 7.14. The second kappa shape index (κ2) is 13.1. The van der Waals surface area contributed by atoms with Gasteiger partial charge in [0.25, 0.3) is 0 Å². The third-order valence-corrected chi connectivity index (χ3v) is 7.42. The number of rotatable bonds is 11. The van der Waals surface area contributed by atoms with E-state index in [2.05, 4.69) is 29.6 Å². The van der Waals surface area contributed by atoms with Crippen molar-refractivity contribution in [2.45, 2.75) is 57.9 Å². The van der Waals surface area contributed by atoms with Gasteiger partial charge in [-0.05, 0) is 78.3 Å². The Labute approximate surface area is 236 Å². The van der Waals surface area contributed by atoms with E-state index < -0.39 is 0 Å². The Balaban J connectivity index is 0.998. The van der Waals surface area contributed by atoms with Gasteiger partial charge < -0.3 is 11.1 Å². The number of benzene rings is 3. The van der Waals surface area contributed by atoms with Gasteiger partial charge in [-0.25, -0.2) is 4.68 Å². The van der Waals surface area contributed by atoms with Crippen LogP contribution in [0.15, 0.2) is 78.9 Å². The van der Waals surface area contributed by atoms with Gasteiger partial charge in [-0.2, -0.15) is 5.10 Å². The quantitative estimate of drug-likeness (QED) is 0.112. The van der Waals surface area contributed by atoms with Crippen LogP contribution in [0.2, 0.25) is 0 Å². The van der Waals surface area contributed by atoms with Crippen LogP contribution in [0.5, 0.6) is 0 Å². The summed E-state index contributed by atoms with van der Waals surface area (Å²) in [6, 6.07) is 26.1. The third-order valence-electron chi connectivity index (χ3n) is 7.42. The van der Waals surface area contributed by atoms with E-state index in [0.717, 1.165) is 79.7 Å². The van der Waals surface area contributed by atoms with Gasteiger partial charge in [-0.3, -0.25) is 10.2 Å². The zero-order valence-electron chi connectivity index (χ0n) is 22.9. The maximum Gasteiger partial charge on any atom is 0.224 e. The largest absolute Gasteiger partial charge is 0.399 e. The molecule has 6 nitrogen and oxygen atoms in total. The number of aromatic nitrogens is 2. The Hall–Kier alpha value is -4.45. The minimum Gasteiger partial charge on any atom is -0.399 e. The van der Waals surface area contributed by atoms with E-state index in [9.17, 15) is 4.79 Å². The van der Waals surface area contributed by atoms with Gasteiger partial charge in [-0.1, -0.05) is 79.9 Å². The summed E-state index contributed by atoms with van der Waals surface area (Å²) < 4.78 is 1.84. The minimum atomic E-state index is 0.0538. The monoisotopic (exact) mass is 531 g/mol. The maximum absolute atomic E-state index is 12.4. The predicted molar refractivity (Wildman–Crippen MR) is 163 cm³/mol. The molecule has 204 valence electrons. The molecule has 40 heavy (non-hydrogen) atoms. The van der Waals surface area contributed by atoms with Gasteiger partial charge in [0.2, 0.25) is 5.91 Å². The van der Waals surface area contributed by atoms with E-state index in [1.54, 1.807) is 0 Å². The highest BCUT2D eigenvalue weighted by Crippen LogP contribution is 2.30. The van der Waals surface area contributed by atoms with Crippen molar-refractivity contribution in [1.82, 2.24) is 9.78 Å². The van der Waals surface area contributed by atoms with E-state index in [-0.39, 0.29) is 5.91 Å². The van der Waals surface area contributed by atoms with Gasteiger partial charge in [0, 0.05) is 29.9 Å². The molecule has 0 spiro atoms. The van der Waals surface area contributed by atoms with Crippen LogP contribution in [-0.4, -0.2) is 15.7 Å². The second-order valence-corrected chi connectivity index (χ2v) is 10.5. The molecule has 0 atom stereocenters. The highest BCUT2D eigenvalue weighted by molar-refractivity contribution is 5.90. The SMILES string of the molecule is N=c1cc2c(nn1CCCCCCCC(=O)Nc1ccc(/C=C/c3ccc(N)cc3)cc1)-c1ccccc1CC2. The van der Waals surface area contributed by atoms with Crippen molar-refractivity contribution >= 4 is 29.4 Å². The first-order chi connectivity index (χ1) is 19.5. The zero-order chi connectivity index (χ0) is 27.7. The van der Waals surface area contributed by atoms with E-state index in [1.165, 1.54) is 16.7 Å². The normalized spacial score (nSPS) is 12.2. The Morgan fingerprint density at radius 1 is 0.850 bits per heavy atom. The molecule has 0 unspecified atom stereocenters. The number of nitrogens with one attached hydrogen (secondary N) is 2. The molecule has 0 fully saturated rings. The molecule has 0 radical (unpaired) electrons. The summed E-state index contributed by atoms with van der Waals surface area (Å²) in [5.74, 6) is 0.0538. The highest BCUT2D eigenvalue weighted by Gasteiger charge is 2.18. The number of anilines is 2. The molecule has 5 rings (SSSR count). The lowest BCUT2D eigenvalue weighted by molar-refractivity contribution is -0.116. The number of carbonyl (C=O) groups excluding carboxylic acids is 1. The number of nitrogens with two attached hydrogens (primary N) is 1. The summed E-state index contributed by atoms with van der Waals surface area (Å²) in [7, 11) is 0. The van der Waals surface area contributed by atoms with Crippen molar-refractivity contribution in [3.05, 3.63) is 107 Å². The lowest BCUT2D eigenvalue weighted by atomic mass is 9.89. The zero-order valence-corrected chi connectivity index (χ0v) is 22.9. The van der Waals surface area contributed by atoms with Gasteiger partial charge in [0.1, 0.15) is 5.49 Å². The summed E-state index contributed by atoms with van der Waals surface area (Å²) in [5, 5.41) is 16.3. The van der Waals surface area contributed by atoms with E-state index in [0.29, 0.717) is 11.9 Å². The highest BCUT2D eigenvalue weighted by atomic mass is 16.1. The van der Waals surface area contributed by atoms with Crippen molar-refractivity contribution in [1.29, 1.82) is 5.41 Å². The first-order valence-electron chi connectivity index (χ1n) is 14.2. The van der Waals surface area contributed by atoms with Gasteiger partial charge in [-0.15, -0.1) is 0 Å². The fraction of sp³-hybridized carbons (Fsp3) is 0.265. The van der Waals surface area contributed by atoms with Gasteiger partial charge in [0.05, 0.1) is 5.69 Å². The maximum atomic E-state index is 12.4. The number of amides is 1. The van der Waals surface area contributed by atoms with Crippen molar-refractivity contribution in [2.24, 2.45) is 0 Å². The summed E-state index contributed by atoms with van der Waals surface area (Å²) in [4.78, 5) is 12.4. The molecule has 4 N–H and O–H groups in total. The molecule has 1 heterocycles. The van der Waals surface area contributed by atoms with Crippen molar-refractivity contribution < 1.29 is 4.79 Å². The fourth-order valence-corrected chi connectivity index (χ4v) is 5.15. The molecule has 0 aliphatic heterocycles. The molecular weight excluding hydrogens is 494 g/mol. The molecule has 6 heteroatoms. The van der Waals surface area contributed by atoms with E-state index in [4.69, 9.17) is 16.2 Å². The summed E-state index contributed by atoms with van der Waals surface area (Å²) in [6.07, 6.45) is 11.6. The van der Waals surface area contributed by atoms with Crippen LogP contribution in [0.4, 0.5) is 11.4 Å². The number of hydrogen-bond acceptors (Lipinski definition) is 4. The molecule has 1 amide bonds. The lowest BCUT2D eigenvalue weighted by Gasteiger charge is -2.20. The Bertz CT molecular complexity index is 1530. The van der Waals surface area contributed by atoms with Crippen molar-refractivity contribution in [2.75, 3.05) is 11.1 Å². The number of fused-ring (bicyclic) bond motifs is 3. The van der Waals surface area contributed by atoms with Crippen LogP contribution in [-0.2, 0) is 24.2 Å². The topological polar surface area (TPSA) is 96.8 Å². The fourth-order valence-electron chi connectivity index (χ4n) is 5.15. The minimum absolute atomic E-state index is 0.0538. The predicted octanol–water partition coefficient (Wildman–Crippen LogP) is 6.86. The van der Waals surface area contributed by atoms with Crippen molar-refractivity contribution in [3.63, 3.8) is 0 Å². The van der Waals surface area contributed by atoms with Crippen LogP contribution in [0.1, 0.15) is 60.8 Å². The summed E-state index contributed by atoms with van der Waals surface area (Å²) in [5.41, 5.74) is 14.7. The number of aryl methyl sites for hydroxylation is 3. The first-order valence-corrected chi connectivity index (χ1v) is 14.2. The number of nitrogens with zero attached hydrogens (tertiary/aromatic N) is 2. The van der Waals surface area contributed by atoms with Crippen LogP contribution in [0.25, 0.3) is 23.4 Å². The lowest BCUT2D eigenvalue weighted by Crippen LogP contribution is -2.25. The molecule has 4 aromatic rings. The molecule has 3 aromatic carbocycles. The number of nitrogen functional groups attached to an aromatic ring is 1. The molecule has 1 aliphatic carbocycles. The molecular formula is C34H37N5O. The average molecular weight is 532 g/mol. The summed E-state index contributed by atoms with van der Waals surface area (Å²) in [6.45, 7) is 0.750. The molecule has 0 saturated heterocycles. The van der Waals surface area contributed by atoms with Crippen LogP contribution < -0.4 is 16.5 Å². The van der Waals surface area contributed by atoms with Crippen molar-refractivity contribution in [3.8, 4) is 11.3 Å². The molecule has 0 bridgehead atoms. The second-order valence-electron chi connectivity index (χ2n) is 10.5.